The van der Waals surface area contributed by atoms with Crippen molar-refractivity contribution in [3.63, 3.8) is 0 Å². The lowest BCUT2D eigenvalue weighted by molar-refractivity contribution is 0.0750. The molecule has 2 amide bonds. The van der Waals surface area contributed by atoms with Gasteiger partial charge in [0, 0.05) is 36.7 Å². The van der Waals surface area contributed by atoms with E-state index in [1.165, 1.54) is 0 Å². The Labute approximate surface area is 187 Å². The zero-order valence-electron chi connectivity index (χ0n) is 18.6. The molecule has 6 nitrogen and oxygen atoms in total. The number of carbonyl (C=O) groups excluding carboxylic acids is 2. The highest BCUT2D eigenvalue weighted by molar-refractivity contribution is 6.07. The van der Waals surface area contributed by atoms with Crippen LogP contribution in [0.5, 0.6) is 0 Å². The highest BCUT2D eigenvalue weighted by atomic mass is 16.4. The molecular weight excluding hydrogens is 402 g/mol. The Bertz CT molecular complexity index is 1160. The second kappa shape index (κ2) is 9.22. The molecule has 0 aliphatic heterocycles. The fourth-order valence-corrected chi connectivity index (χ4v) is 3.97. The van der Waals surface area contributed by atoms with Crippen molar-refractivity contribution in [2.45, 2.75) is 39.7 Å². The molecule has 6 heteroatoms. The zero-order valence-corrected chi connectivity index (χ0v) is 18.6. The van der Waals surface area contributed by atoms with E-state index in [-0.39, 0.29) is 11.8 Å². The average Bonchev–Trinajstić information content (AvgIpc) is 3.15. The lowest BCUT2D eigenvalue weighted by Gasteiger charge is -2.16. The summed E-state index contributed by atoms with van der Waals surface area (Å²) in [6, 6.07) is 17.2. The van der Waals surface area contributed by atoms with Gasteiger partial charge in [0.25, 0.3) is 11.8 Å². The van der Waals surface area contributed by atoms with Crippen molar-refractivity contribution < 1.29 is 14.0 Å². The summed E-state index contributed by atoms with van der Waals surface area (Å²) in [5.41, 5.74) is 7.72. The topological polar surface area (TPSA) is 74.9 Å². The first-order valence-corrected chi connectivity index (χ1v) is 10.8. The average molecular weight is 430 g/mol. The Morgan fingerprint density at radius 1 is 1.03 bits per heavy atom. The first-order chi connectivity index (χ1) is 15.4. The molecule has 1 aromatic heterocycles. The number of rotatable bonds is 5. The number of nitrogens with zero attached hydrogens (tertiary/aromatic N) is 2. The van der Waals surface area contributed by atoms with Crippen LogP contribution in [0.1, 0.15) is 61.8 Å². The largest absolute Gasteiger partial charge is 0.455 e. The van der Waals surface area contributed by atoms with Gasteiger partial charge in [0.15, 0.2) is 5.76 Å². The van der Waals surface area contributed by atoms with Crippen molar-refractivity contribution in [1.82, 2.24) is 10.3 Å². The van der Waals surface area contributed by atoms with Gasteiger partial charge in [-0.1, -0.05) is 48.0 Å². The highest BCUT2D eigenvalue weighted by Crippen LogP contribution is 2.30. The van der Waals surface area contributed by atoms with Gasteiger partial charge < -0.3 is 9.32 Å². The summed E-state index contributed by atoms with van der Waals surface area (Å²) in [6.45, 7) is 4.36. The summed E-state index contributed by atoms with van der Waals surface area (Å²) >= 11 is 0. The van der Waals surface area contributed by atoms with Gasteiger partial charge >= 0.3 is 0 Å². The van der Waals surface area contributed by atoms with Gasteiger partial charge in [0.05, 0.1) is 5.71 Å². The Morgan fingerprint density at radius 3 is 2.47 bits per heavy atom. The van der Waals surface area contributed by atoms with E-state index in [2.05, 4.69) is 10.5 Å². The number of furan rings is 1. The molecule has 2 aromatic carbocycles. The smallest absolute Gasteiger partial charge is 0.289 e. The van der Waals surface area contributed by atoms with Crippen LogP contribution in [-0.2, 0) is 13.0 Å². The van der Waals surface area contributed by atoms with E-state index in [1.807, 2.05) is 56.3 Å². The molecule has 0 saturated carbocycles. The monoisotopic (exact) mass is 429 g/mol. The number of hydrazone groups is 1. The molecule has 1 heterocycles. The number of fused-ring (bicyclic) bond motifs is 1. The fourth-order valence-electron chi connectivity index (χ4n) is 3.97. The summed E-state index contributed by atoms with van der Waals surface area (Å²) in [4.78, 5) is 27.2. The number of hydrogen-bond donors (Lipinski definition) is 1. The van der Waals surface area contributed by atoms with Crippen LogP contribution in [0.3, 0.4) is 0 Å². The van der Waals surface area contributed by atoms with Crippen LogP contribution in [0.4, 0.5) is 0 Å². The normalized spacial score (nSPS) is 14.2. The van der Waals surface area contributed by atoms with Gasteiger partial charge in [-0.2, -0.15) is 5.10 Å². The lowest BCUT2D eigenvalue weighted by atomic mass is 9.93. The zero-order chi connectivity index (χ0) is 22.7. The minimum absolute atomic E-state index is 0.163. The predicted molar refractivity (Wildman–Crippen MR) is 124 cm³/mol. The molecule has 0 atom stereocenters. The van der Waals surface area contributed by atoms with Gasteiger partial charge in [-0.05, 0) is 44.4 Å². The maximum absolute atomic E-state index is 13.1. The van der Waals surface area contributed by atoms with E-state index in [4.69, 9.17) is 4.42 Å². The van der Waals surface area contributed by atoms with Gasteiger partial charge in [-0.15, -0.1) is 0 Å². The van der Waals surface area contributed by atoms with E-state index in [0.29, 0.717) is 17.9 Å². The minimum Gasteiger partial charge on any atom is -0.455 e. The molecule has 1 aliphatic rings. The number of amides is 2. The number of nitrogens with one attached hydrogen (secondary N) is 1. The molecule has 32 heavy (non-hydrogen) atoms. The van der Waals surface area contributed by atoms with Crippen molar-refractivity contribution in [2.75, 3.05) is 7.05 Å². The molecule has 1 aliphatic carbocycles. The van der Waals surface area contributed by atoms with Crippen LogP contribution >= 0.6 is 0 Å². The van der Waals surface area contributed by atoms with Crippen molar-refractivity contribution in [1.29, 1.82) is 0 Å². The van der Waals surface area contributed by atoms with Gasteiger partial charge in [-0.25, -0.2) is 5.43 Å². The van der Waals surface area contributed by atoms with E-state index in [9.17, 15) is 9.59 Å². The molecule has 1 N–H and O–H groups in total. The van der Waals surface area contributed by atoms with E-state index >= 15 is 0 Å². The molecular formula is C26H27N3O3. The van der Waals surface area contributed by atoms with Crippen LogP contribution in [0, 0.1) is 13.8 Å². The van der Waals surface area contributed by atoms with Crippen molar-refractivity contribution in [3.8, 4) is 0 Å². The summed E-state index contributed by atoms with van der Waals surface area (Å²) in [5, 5.41) is 4.40. The molecule has 0 saturated heterocycles. The van der Waals surface area contributed by atoms with Crippen LogP contribution < -0.4 is 5.43 Å². The van der Waals surface area contributed by atoms with Crippen LogP contribution in [0.15, 0.2) is 64.1 Å². The second-order valence-corrected chi connectivity index (χ2v) is 8.22. The van der Waals surface area contributed by atoms with E-state index in [0.717, 1.165) is 53.0 Å². The molecule has 0 unspecified atom stereocenters. The van der Waals surface area contributed by atoms with Gasteiger partial charge in [0.1, 0.15) is 5.76 Å². The Kier molecular flexibility index (Phi) is 6.21. The molecule has 4 rings (SSSR count). The standard InChI is InChI=1S/C26H27N3O3/c1-17-12-14-20(15-13-17)25(30)28-27-21-10-7-11-22-23(21)18(2)24(32-22)26(31)29(3)16-19-8-5-4-6-9-19/h4-6,8-9,12-15H,7,10-11,16H2,1-3H3,(H,28,30)/b27-21+. The maximum Gasteiger partial charge on any atom is 0.289 e. The number of benzene rings is 2. The predicted octanol–water partition coefficient (Wildman–Crippen LogP) is 4.64. The summed E-state index contributed by atoms with van der Waals surface area (Å²) in [5.74, 6) is 0.676. The Balaban J connectivity index is 1.54. The molecule has 0 radical (unpaired) electrons. The summed E-state index contributed by atoms with van der Waals surface area (Å²) in [6.07, 6.45) is 2.32. The first kappa shape index (κ1) is 21.6. The third-order valence-electron chi connectivity index (χ3n) is 5.74. The second-order valence-electron chi connectivity index (χ2n) is 8.22. The SMILES string of the molecule is Cc1ccc(C(=O)N/N=C2\CCCc3oc(C(=O)N(C)Cc4ccccc4)c(C)c32)cc1. The number of carbonyl (C=O) groups is 2. The fraction of sp³-hybridized carbons (Fsp3) is 0.269. The molecule has 0 spiro atoms. The number of hydrogen-bond acceptors (Lipinski definition) is 4. The quantitative estimate of drug-likeness (QED) is 0.601. The van der Waals surface area contributed by atoms with Gasteiger partial charge in [-0.3, -0.25) is 9.59 Å². The molecule has 0 bridgehead atoms. The third-order valence-corrected chi connectivity index (χ3v) is 5.74. The van der Waals surface area contributed by atoms with Crippen molar-refractivity contribution in [2.24, 2.45) is 5.10 Å². The first-order valence-electron chi connectivity index (χ1n) is 10.8. The third kappa shape index (κ3) is 4.49. The van der Waals surface area contributed by atoms with Crippen LogP contribution in [0.2, 0.25) is 0 Å². The van der Waals surface area contributed by atoms with Gasteiger partial charge in [0.2, 0.25) is 0 Å². The van der Waals surface area contributed by atoms with Crippen LogP contribution in [0.25, 0.3) is 0 Å². The number of aryl methyl sites for hydroxylation is 2. The Morgan fingerprint density at radius 2 is 1.75 bits per heavy atom. The van der Waals surface area contributed by atoms with E-state index in [1.54, 1.807) is 24.1 Å². The molecule has 164 valence electrons. The molecule has 3 aromatic rings. The van der Waals surface area contributed by atoms with Crippen molar-refractivity contribution >= 4 is 17.5 Å². The summed E-state index contributed by atoms with van der Waals surface area (Å²) in [7, 11) is 1.77. The van der Waals surface area contributed by atoms with Crippen LogP contribution in [-0.4, -0.2) is 29.5 Å². The minimum atomic E-state index is -0.260. The van der Waals surface area contributed by atoms with E-state index < -0.39 is 0 Å². The summed E-state index contributed by atoms with van der Waals surface area (Å²) < 4.78 is 6.01. The lowest BCUT2D eigenvalue weighted by Crippen LogP contribution is -2.26. The van der Waals surface area contributed by atoms with Crippen molar-refractivity contribution in [3.05, 3.63) is 93.9 Å². The molecule has 0 fully saturated rings. The highest BCUT2D eigenvalue weighted by Gasteiger charge is 2.29. The maximum atomic E-state index is 13.1. The Hall–Kier alpha value is -3.67.